The van der Waals surface area contributed by atoms with Crippen LogP contribution in [0.25, 0.3) is 0 Å². The number of para-hydroxylation sites is 1. The number of benzene rings is 2. The molecular weight excluding hydrogens is 336 g/mol. The van der Waals surface area contributed by atoms with Gasteiger partial charge in [0, 0.05) is 25.3 Å². The molecule has 5 nitrogen and oxygen atoms in total. The van der Waals surface area contributed by atoms with Gasteiger partial charge in [-0.2, -0.15) is 0 Å². The lowest BCUT2D eigenvalue weighted by Crippen LogP contribution is -2.31. The van der Waals surface area contributed by atoms with E-state index in [9.17, 15) is 4.79 Å². The standard InChI is InChI=1S/C22H24N4O/c1-3-25(4-2)22(27)20-15-24-21(16-23-20)26(19-13-9-6-10-14-19)17-18-11-7-5-8-12-18/h5-16H,3-4,17H2,1-2H3. The summed E-state index contributed by atoms with van der Waals surface area (Å²) >= 11 is 0. The summed E-state index contributed by atoms with van der Waals surface area (Å²) in [7, 11) is 0. The van der Waals surface area contributed by atoms with E-state index in [4.69, 9.17) is 0 Å². The lowest BCUT2D eigenvalue weighted by Gasteiger charge is -2.24. The molecular formula is C22H24N4O. The van der Waals surface area contributed by atoms with Crippen molar-refractivity contribution in [3.63, 3.8) is 0 Å². The number of amides is 1. The number of nitrogens with zero attached hydrogens (tertiary/aromatic N) is 4. The van der Waals surface area contributed by atoms with Crippen LogP contribution in [0.2, 0.25) is 0 Å². The molecule has 0 radical (unpaired) electrons. The average molecular weight is 360 g/mol. The lowest BCUT2D eigenvalue weighted by atomic mass is 10.2. The molecule has 5 heteroatoms. The molecule has 0 atom stereocenters. The van der Waals surface area contributed by atoms with Crippen LogP contribution < -0.4 is 4.90 Å². The molecule has 0 aliphatic heterocycles. The summed E-state index contributed by atoms with van der Waals surface area (Å²) in [6.07, 6.45) is 3.24. The molecule has 0 saturated carbocycles. The fraction of sp³-hybridized carbons (Fsp3) is 0.227. The molecule has 0 saturated heterocycles. The zero-order valence-electron chi connectivity index (χ0n) is 15.7. The van der Waals surface area contributed by atoms with Gasteiger partial charge in [-0.1, -0.05) is 48.5 Å². The molecule has 1 amide bonds. The monoisotopic (exact) mass is 360 g/mol. The Labute approximate surface area is 160 Å². The van der Waals surface area contributed by atoms with Crippen molar-refractivity contribution in [2.24, 2.45) is 0 Å². The van der Waals surface area contributed by atoms with Gasteiger partial charge in [-0.05, 0) is 31.5 Å². The minimum atomic E-state index is -0.0895. The topological polar surface area (TPSA) is 49.3 Å². The first-order valence-electron chi connectivity index (χ1n) is 9.20. The summed E-state index contributed by atoms with van der Waals surface area (Å²) in [5, 5.41) is 0. The second-order valence-electron chi connectivity index (χ2n) is 6.14. The predicted octanol–water partition coefficient (Wildman–Crippen LogP) is 4.30. The number of hydrogen-bond donors (Lipinski definition) is 0. The summed E-state index contributed by atoms with van der Waals surface area (Å²) in [5.74, 6) is 0.620. The Morgan fingerprint density at radius 2 is 1.48 bits per heavy atom. The van der Waals surface area contributed by atoms with Crippen molar-refractivity contribution in [1.29, 1.82) is 0 Å². The van der Waals surface area contributed by atoms with E-state index in [1.165, 1.54) is 5.56 Å². The molecule has 2 aromatic carbocycles. The molecule has 138 valence electrons. The largest absolute Gasteiger partial charge is 0.338 e. The zero-order chi connectivity index (χ0) is 19.1. The highest BCUT2D eigenvalue weighted by Crippen LogP contribution is 2.25. The maximum Gasteiger partial charge on any atom is 0.274 e. The van der Waals surface area contributed by atoms with Crippen molar-refractivity contribution in [3.8, 4) is 0 Å². The maximum absolute atomic E-state index is 12.5. The number of carbonyl (C=O) groups excluding carboxylic acids is 1. The number of rotatable bonds is 7. The van der Waals surface area contributed by atoms with E-state index in [0.29, 0.717) is 31.1 Å². The minimum absolute atomic E-state index is 0.0895. The fourth-order valence-corrected chi connectivity index (χ4v) is 2.92. The van der Waals surface area contributed by atoms with Crippen LogP contribution in [0.4, 0.5) is 11.5 Å². The first-order chi connectivity index (χ1) is 13.2. The summed E-state index contributed by atoms with van der Waals surface area (Å²) in [5.41, 5.74) is 2.57. The highest BCUT2D eigenvalue weighted by atomic mass is 16.2. The highest BCUT2D eigenvalue weighted by Gasteiger charge is 2.16. The zero-order valence-corrected chi connectivity index (χ0v) is 15.7. The van der Waals surface area contributed by atoms with E-state index < -0.39 is 0 Å². The van der Waals surface area contributed by atoms with E-state index in [2.05, 4.69) is 27.0 Å². The predicted molar refractivity (Wildman–Crippen MR) is 108 cm³/mol. The molecule has 0 unspecified atom stereocenters. The Kier molecular flexibility index (Phi) is 6.15. The van der Waals surface area contributed by atoms with E-state index in [-0.39, 0.29) is 5.91 Å². The molecule has 27 heavy (non-hydrogen) atoms. The third-order valence-corrected chi connectivity index (χ3v) is 4.44. The Hall–Kier alpha value is -3.21. The van der Waals surface area contributed by atoms with Gasteiger partial charge < -0.3 is 9.80 Å². The van der Waals surface area contributed by atoms with Crippen molar-refractivity contribution in [1.82, 2.24) is 14.9 Å². The summed E-state index contributed by atoms with van der Waals surface area (Å²) in [6.45, 7) is 5.90. The van der Waals surface area contributed by atoms with Crippen LogP contribution in [0.1, 0.15) is 29.9 Å². The molecule has 0 spiro atoms. The van der Waals surface area contributed by atoms with Gasteiger partial charge in [0.1, 0.15) is 5.69 Å². The van der Waals surface area contributed by atoms with E-state index in [0.717, 1.165) is 5.69 Å². The van der Waals surface area contributed by atoms with Crippen LogP contribution >= 0.6 is 0 Å². The summed E-state index contributed by atoms with van der Waals surface area (Å²) < 4.78 is 0. The van der Waals surface area contributed by atoms with Gasteiger partial charge in [-0.15, -0.1) is 0 Å². The molecule has 0 fully saturated rings. The lowest BCUT2D eigenvalue weighted by molar-refractivity contribution is 0.0766. The van der Waals surface area contributed by atoms with Crippen molar-refractivity contribution in [2.75, 3.05) is 18.0 Å². The molecule has 0 N–H and O–H groups in total. The minimum Gasteiger partial charge on any atom is -0.338 e. The fourth-order valence-electron chi connectivity index (χ4n) is 2.92. The van der Waals surface area contributed by atoms with Gasteiger partial charge in [0.25, 0.3) is 5.91 Å². The quantitative estimate of drug-likeness (QED) is 0.630. The smallest absolute Gasteiger partial charge is 0.274 e. The molecule has 0 aliphatic carbocycles. The van der Waals surface area contributed by atoms with Crippen molar-refractivity contribution in [3.05, 3.63) is 84.3 Å². The van der Waals surface area contributed by atoms with Gasteiger partial charge in [0.05, 0.1) is 12.4 Å². The second kappa shape index (κ2) is 8.94. The Bertz CT molecular complexity index is 847. The van der Waals surface area contributed by atoms with Crippen LogP contribution in [0, 0.1) is 0 Å². The normalized spacial score (nSPS) is 10.4. The SMILES string of the molecule is CCN(CC)C(=O)c1cnc(N(Cc2ccccc2)c2ccccc2)cn1. The van der Waals surface area contributed by atoms with E-state index in [1.54, 1.807) is 17.3 Å². The first-order valence-corrected chi connectivity index (χ1v) is 9.20. The Morgan fingerprint density at radius 1 is 0.852 bits per heavy atom. The van der Waals surface area contributed by atoms with E-state index >= 15 is 0 Å². The summed E-state index contributed by atoms with van der Waals surface area (Å²) in [6, 6.07) is 20.3. The number of aromatic nitrogens is 2. The Morgan fingerprint density at radius 3 is 2.04 bits per heavy atom. The van der Waals surface area contributed by atoms with Gasteiger partial charge in [0.2, 0.25) is 0 Å². The van der Waals surface area contributed by atoms with Crippen LogP contribution in [0.5, 0.6) is 0 Å². The van der Waals surface area contributed by atoms with Gasteiger partial charge in [-0.25, -0.2) is 9.97 Å². The molecule has 1 aromatic heterocycles. The van der Waals surface area contributed by atoms with Crippen molar-refractivity contribution >= 4 is 17.4 Å². The number of carbonyl (C=O) groups is 1. The van der Waals surface area contributed by atoms with Gasteiger partial charge >= 0.3 is 0 Å². The highest BCUT2D eigenvalue weighted by molar-refractivity contribution is 5.92. The Balaban J connectivity index is 1.89. The molecule has 0 aliphatic rings. The van der Waals surface area contributed by atoms with Crippen LogP contribution in [0.3, 0.4) is 0 Å². The maximum atomic E-state index is 12.5. The third kappa shape index (κ3) is 4.50. The third-order valence-electron chi connectivity index (χ3n) is 4.44. The first kappa shape index (κ1) is 18.6. The van der Waals surface area contributed by atoms with Crippen LogP contribution in [-0.2, 0) is 6.54 Å². The number of hydrogen-bond acceptors (Lipinski definition) is 4. The van der Waals surface area contributed by atoms with Crippen LogP contribution in [-0.4, -0.2) is 33.9 Å². The number of anilines is 2. The molecule has 1 heterocycles. The van der Waals surface area contributed by atoms with Crippen molar-refractivity contribution < 1.29 is 4.79 Å². The van der Waals surface area contributed by atoms with Gasteiger partial charge in [-0.3, -0.25) is 4.79 Å². The van der Waals surface area contributed by atoms with Crippen molar-refractivity contribution in [2.45, 2.75) is 20.4 Å². The molecule has 3 rings (SSSR count). The average Bonchev–Trinajstić information content (AvgIpc) is 2.74. The molecule has 3 aromatic rings. The second-order valence-corrected chi connectivity index (χ2v) is 6.14. The van der Waals surface area contributed by atoms with Crippen LogP contribution in [0.15, 0.2) is 73.1 Å². The van der Waals surface area contributed by atoms with E-state index in [1.807, 2.05) is 62.4 Å². The molecule has 0 bridgehead atoms. The van der Waals surface area contributed by atoms with Gasteiger partial charge in [0.15, 0.2) is 5.82 Å². The summed E-state index contributed by atoms with van der Waals surface area (Å²) in [4.78, 5) is 25.2.